The van der Waals surface area contributed by atoms with Crippen LogP contribution in [0.15, 0.2) is 35.2 Å². The highest BCUT2D eigenvalue weighted by Gasteiger charge is 2.36. The number of hydrogen-bond acceptors (Lipinski definition) is 5. The van der Waals surface area contributed by atoms with Gasteiger partial charge in [0.1, 0.15) is 4.90 Å². The molecule has 0 radical (unpaired) electrons. The van der Waals surface area contributed by atoms with E-state index in [4.69, 9.17) is 21.1 Å². The van der Waals surface area contributed by atoms with Crippen molar-refractivity contribution in [3.8, 4) is 11.5 Å². The zero-order chi connectivity index (χ0) is 23.6. The van der Waals surface area contributed by atoms with Crippen LogP contribution in [0.25, 0.3) is 0 Å². The molecule has 0 fully saturated rings. The molecular formula is C25H33ClN2O4S. The fraction of sp³-hybridized carbons (Fsp3) is 0.520. The topological polar surface area (TPSA) is 59.1 Å². The molecule has 0 N–H and O–H groups in total. The fourth-order valence-electron chi connectivity index (χ4n) is 5.33. The van der Waals surface area contributed by atoms with Gasteiger partial charge in [-0.15, -0.1) is 0 Å². The van der Waals surface area contributed by atoms with Gasteiger partial charge in [0.25, 0.3) is 0 Å². The number of halogens is 1. The van der Waals surface area contributed by atoms with Gasteiger partial charge >= 0.3 is 0 Å². The molecule has 180 valence electrons. The second-order valence-corrected chi connectivity index (χ2v) is 11.0. The number of benzene rings is 2. The first-order valence-electron chi connectivity index (χ1n) is 11.7. The second-order valence-electron chi connectivity index (χ2n) is 8.64. The van der Waals surface area contributed by atoms with Crippen molar-refractivity contribution < 1.29 is 17.9 Å². The van der Waals surface area contributed by atoms with Gasteiger partial charge in [-0.2, -0.15) is 4.31 Å². The first-order valence-corrected chi connectivity index (χ1v) is 13.5. The second kappa shape index (κ2) is 10.2. The summed E-state index contributed by atoms with van der Waals surface area (Å²) in [5.74, 6) is 1.71. The SMILES string of the molecule is CCN(CCCCN1CCc2cc(OC)c(OC)c3c2C1CC3)S(=O)(=O)c1ccccc1Cl. The zero-order valence-corrected chi connectivity index (χ0v) is 21.2. The van der Waals surface area contributed by atoms with E-state index in [0.717, 1.165) is 56.7 Å². The van der Waals surface area contributed by atoms with Crippen molar-refractivity contribution in [1.29, 1.82) is 0 Å². The molecule has 1 heterocycles. The van der Waals surface area contributed by atoms with Crippen LogP contribution in [0.2, 0.25) is 5.02 Å². The van der Waals surface area contributed by atoms with Gasteiger partial charge in [0.05, 0.1) is 19.2 Å². The summed E-state index contributed by atoms with van der Waals surface area (Å²) in [6.45, 7) is 4.77. The quantitative estimate of drug-likeness (QED) is 0.450. The standard InChI is InChI=1S/C25H33ClN2O4S/c1-4-28(33(29,30)23-10-6-5-9-20(23)26)15-8-7-14-27-16-13-18-17-22(31-2)25(32-3)19-11-12-21(27)24(18)19/h5-6,9-10,17,21H,4,7-8,11-16H2,1-3H3. The maximum absolute atomic E-state index is 13.0. The Morgan fingerprint density at radius 2 is 1.94 bits per heavy atom. The van der Waals surface area contributed by atoms with Crippen LogP contribution in [0.1, 0.15) is 48.9 Å². The maximum Gasteiger partial charge on any atom is 0.244 e. The van der Waals surface area contributed by atoms with Gasteiger partial charge in [0.2, 0.25) is 10.0 Å². The van der Waals surface area contributed by atoms with Crippen molar-refractivity contribution in [1.82, 2.24) is 9.21 Å². The summed E-state index contributed by atoms with van der Waals surface area (Å²) in [4.78, 5) is 2.74. The molecule has 1 aliphatic heterocycles. The van der Waals surface area contributed by atoms with Gasteiger partial charge in [-0.3, -0.25) is 4.90 Å². The van der Waals surface area contributed by atoms with Crippen LogP contribution < -0.4 is 9.47 Å². The molecule has 0 saturated carbocycles. The summed E-state index contributed by atoms with van der Waals surface area (Å²) in [6, 6.07) is 9.21. The van der Waals surface area contributed by atoms with Gasteiger partial charge in [0, 0.05) is 31.2 Å². The lowest BCUT2D eigenvalue weighted by atomic mass is 9.92. The van der Waals surface area contributed by atoms with Crippen LogP contribution in [-0.4, -0.2) is 58.0 Å². The molecule has 1 aliphatic carbocycles. The molecule has 0 bridgehead atoms. The predicted molar refractivity (Wildman–Crippen MR) is 131 cm³/mol. The first kappa shape index (κ1) is 24.3. The van der Waals surface area contributed by atoms with Crippen LogP contribution in [0.3, 0.4) is 0 Å². The smallest absolute Gasteiger partial charge is 0.244 e. The number of methoxy groups -OCH3 is 2. The van der Waals surface area contributed by atoms with E-state index in [-0.39, 0.29) is 9.92 Å². The third-order valence-electron chi connectivity index (χ3n) is 6.92. The minimum Gasteiger partial charge on any atom is -0.493 e. The average molecular weight is 493 g/mol. The molecule has 0 aromatic heterocycles. The van der Waals surface area contributed by atoms with E-state index in [1.165, 1.54) is 21.0 Å². The summed E-state index contributed by atoms with van der Waals surface area (Å²) in [5.41, 5.74) is 4.10. The highest BCUT2D eigenvalue weighted by atomic mass is 35.5. The average Bonchev–Trinajstić information content (AvgIpc) is 3.26. The zero-order valence-electron chi connectivity index (χ0n) is 19.6. The van der Waals surface area contributed by atoms with Crippen molar-refractivity contribution in [2.45, 2.75) is 50.0 Å². The number of unbranched alkanes of at least 4 members (excludes halogenated alkanes) is 1. The van der Waals surface area contributed by atoms with Gasteiger partial charge in [-0.25, -0.2) is 8.42 Å². The molecule has 2 aliphatic rings. The van der Waals surface area contributed by atoms with Crippen molar-refractivity contribution in [2.24, 2.45) is 0 Å². The normalized spacial score (nSPS) is 17.9. The van der Waals surface area contributed by atoms with E-state index in [2.05, 4.69) is 11.0 Å². The fourth-order valence-corrected chi connectivity index (χ4v) is 7.32. The number of sulfonamides is 1. The van der Waals surface area contributed by atoms with Crippen molar-refractivity contribution in [2.75, 3.05) is 40.4 Å². The van der Waals surface area contributed by atoms with Gasteiger partial charge < -0.3 is 9.47 Å². The molecule has 2 aromatic rings. The van der Waals surface area contributed by atoms with E-state index in [1.807, 2.05) is 6.92 Å². The van der Waals surface area contributed by atoms with Crippen LogP contribution in [-0.2, 0) is 22.9 Å². The molecule has 1 atom stereocenters. The monoisotopic (exact) mass is 492 g/mol. The van der Waals surface area contributed by atoms with E-state index in [0.29, 0.717) is 19.1 Å². The molecule has 33 heavy (non-hydrogen) atoms. The highest BCUT2D eigenvalue weighted by Crippen LogP contribution is 2.48. The molecule has 0 amide bonds. The number of hydrogen-bond donors (Lipinski definition) is 0. The van der Waals surface area contributed by atoms with Crippen molar-refractivity contribution in [3.05, 3.63) is 52.0 Å². The highest BCUT2D eigenvalue weighted by molar-refractivity contribution is 7.89. The van der Waals surface area contributed by atoms with Crippen LogP contribution >= 0.6 is 11.6 Å². The summed E-state index contributed by atoms with van der Waals surface area (Å²) < 4.78 is 38.9. The molecule has 1 unspecified atom stereocenters. The van der Waals surface area contributed by atoms with Gasteiger partial charge in [-0.05, 0) is 68.0 Å². The summed E-state index contributed by atoms with van der Waals surface area (Å²) >= 11 is 6.16. The van der Waals surface area contributed by atoms with Crippen molar-refractivity contribution in [3.63, 3.8) is 0 Å². The Morgan fingerprint density at radius 3 is 2.64 bits per heavy atom. The molecule has 8 heteroatoms. The van der Waals surface area contributed by atoms with E-state index in [1.54, 1.807) is 38.5 Å². The predicted octanol–water partition coefficient (Wildman–Crippen LogP) is 4.69. The van der Waals surface area contributed by atoms with E-state index in [9.17, 15) is 8.42 Å². The van der Waals surface area contributed by atoms with Crippen molar-refractivity contribution >= 4 is 21.6 Å². The number of rotatable bonds is 10. The lowest BCUT2D eigenvalue weighted by Crippen LogP contribution is -2.36. The summed E-state index contributed by atoms with van der Waals surface area (Å²) in [5, 5.41) is 0.270. The first-order chi connectivity index (χ1) is 15.9. The minimum atomic E-state index is -3.59. The maximum atomic E-state index is 13.0. The Hall–Kier alpha value is -1.80. The van der Waals surface area contributed by atoms with Crippen LogP contribution in [0.5, 0.6) is 11.5 Å². The molecule has 0 spiro atoms. The Labute approximate surface area is 202 Å². The molecule has 0 saturated heterocycles. The van der Waals surface area contributed by atoms with E-state index < -0.39 is 10.0 Å². The summed E-state index contributed by atoms with van der Waals surface area (Å²) in [7, 11) is -0.175. The van der Waals surface area contributed by atoms with E-state index >= 15 is 0 Å². The number of nitrogens with zero attached hydrogens (tertiary/aromatic N) is 2. The Morgan fingerprint density at radius 1 is 1.15 bits per heavy atom. The van der Waals surface area contributed by atoms with Crippen LogP contribution in [0, 0.1) is 0 Å². The molecular weight excluding hydrogens is 460 g/mol. The third-order valence-corrected chi connectivity index (χ3v) is 9.39. The van der Waals surface area contributed by atoms with Crippen LogP contribution in [0.4, 0.5) is 0 Å². The lowest BCUT2D eigenvalue weighted by molar-refractivity contribution is 0.180. The third kappa shape index (κ3) is 4.61. The summed E-state index contributed by atoms with van der Waals surface area (Å²) in [6.07, 6.45) is 4.86. The lowest BCUT2D eigenvalue weighted by Gasteiger charge is -2.35. The Kier molecular flexibility index (Phi) is 7.53. The van der Waals surface area contributed by atoms with Gasteiger partial charge in [0.15, 0.2) is 11.5 Å². The Balaban J connectivity index is 1.39. The van der Waals surface area contributed by atoms with Gasteiger partial charge in [-0.1, -0.05) is 30.7 Å². The molecule has 6 nitrogen and oxygen atoms in total. The Bertz CT molecular complexity index is 1110. The number of ether oxygens (including phenoxy) is 2. The largest absolute Gasteiger partial charge is 0.493 e. The minimum absolute atomic E-state index is 0.184. The molecule has 2 aromatic carbocycles. The molecule has 4 rings (SSSR count).